The first-order valence-electron chi connectivity index (χ1n) is 5.86. The second kappa shape index (κ2) is 5.88. The van der Waals surface area contributed by atoms with Crippen LogP contribution in [0.1, 0.15) is 25.1 Å². The van der Waals surface area contributed by atoms with E-state index in [9.17, 15) is 0 Å². The van der Waals surface area contributed by atoms with Gasteiger partial charge in [0.2, 0.25) is 0 Å². The minimum atomic E-state index is -0.158. The summed E-state index contributed by atoms with van der Waals surface area (Å²) in [6, 6.07) is 0. The topological polar surface area (TPSA) is 84.4 Å². The van der Waals surface area contributed by atoms with Gasteiger partial charge in [-0.25, -0.2) is 9.67 Å². The third kappa shape index (κ3) is 2.70. The zero-order chi connectivity index (χ0) is 12.8. The summed E-state index contributed by atoms with van der Waals surface area (Å²) in [6.45, 7) is 2.44. The van der Waals surface area contributed by atoms with Gasteiger partial charge < -0.3 is 4.57 Å². The highest BCUT2D eigenvalue weighted by atomic mass is 15.4. The monoisotopic (exact) mass is 245 g/mol. The Labute approximate surface area is 105 Å². The number of azide groups is 1. The van der Waals surface area contributed by atoms with Crippen molar-refractivity contribution >= 4 is 0 Å². The molecule has 7 nitrogen and oxygen atoms in total. The van der Waals surface area contributed by atoms with Crippen molar-refractivity contribution in [3.05, 3.63) is 47.1 Å². The number of nitrogens with zero attached hydrogens (tertiary/aromatic N) is 7. The largest absolute Gasteiger partial charge is 0.314 e. The van der Waals surface area contributed by atoms with E-state index >= 15 is 0 Å². The molecular formula is C11H15N7. The Kier molecular flexibility index (Phi) is 3.98. The van der Waals surface area contributed by atoms with Crippen molar-refractivity contribution in [3.63, 3.8) is 0 Å². The number of aryl methyl sites for hydroxylation is 1. The molecule has 2 heterocycles. The Morgan fingerprint density at radius 3 is 3.11 bits per heavy atom. The minimum absolute atomic E-state index is 0.158. The highest BCUT2D eigenvalue weighted by Crippen LogP contribution is 2.12. The number of aromatic nitrogens is 4. The van der Waals surface area contributed by atoms with Crippen LogP contribution in [0.15, 0.2) is 36.2 Å². The molecule has 0 aliphatic carbocycles. The maximum absolute atomic E-state index is 8.45. The van der Waals surface area contributed by atoms with E-state index in [2.05, 4.69) is 27.0 Å². The molecule has 0 aromatic carbocycles. The van der Waals surface area contributed by atoms with E-state index in [0.717, 1.165) is 12.8 Å². The molecule has 0 saturated carbocycles. The van der Waals surface area contributed by atoms with Crippen LogP contribution in [-0.2, 0) is 6.42 Å². The van der Waals surface area contributed by atoms with E-state index in [0.29, 0.717) is 6.54 Å². The van der Waals surface area contributed by atoms with Crippen molar-refractivity contribution in [3.8, 4) is 0 Å². The van der Waals surface area contributed by atoms with Crippen LogP contribution < -0.4 is 0 Å². The van der Waals surface area contributed by atoms with Gasteiger partial charge in [0.25, 0.3) is 0 Å². The molecule has 1 atom stereocenters. The quantitative estimate of drug-likeness (QED) is 0.444. The second-order valence-corrected chi connectivity index (χ2v) is 3.98. The smallest absolute Gasteiger partial charge is 0.133 e. The van der Waals surface area contributed by atoms with Crippen molar-refractivity contribution in [1.29, 1.82) is 0 Å². The van der Waals surface area contributed by atoms with E-state index in [1.54, 1.807) is 17.2 Å². The number of imidazole rings is 1. The summed E-state index contributed by atoms with van der Waals surface area (Å²) in [5.41, 5.74) is 9.64. The fourth-order valence-electron chi connectivity index (χ4n) is 1.83. The van der Waals surface area contributed by atoms with Crippen LogP contribution in [0.25, 0.3) is 10.4 Å². The summed E-state index contributed by atoms with van der Waals surface area (Å²) in [6.07, 6.45) is 11.0. The van der Waals surface area contributed by atoms with Gasteiger partial charge in [0.05, 0.1) is 19.1 Å². The van der Waals surface area contributed by atoms with Gasteiger partial charge in [0.15, 0.2) is 0 Å². The van der Waals surface area contributed by atoms with Crippen LogP contribution in [0.3, 0.4) is 0 Å². The predicted molar refractivity (Wildman–Crippen MR) is 66.9 cm³/mol. The second-order valence-electron chi connectivity index (χ2n) is 3.98. The van der Waals surface area contributed by atoms with Gasteiger partial charge in [-0.1, -0.05) is 18.5 Å². The number of rotatable bonds is 6. The van der Waals surface area contributed by atoms with Crippen LogP contribution in [-0.4, -0.2) is 25.9 Å². The molecule has 0 N–H and O–H groups in total. The van der Waals surface area contributed by atoms with Crippen LogP contribution in [0.5, 0.6) is 0 Å². The molecule has 0 aliphatic heterocycles. The highest BCUT2D eigenvalue weighted by Gasteiger charge is 2.12. The Balaban J connectivity index is 2.24. The van der Waals surface area contributed by atoms with Crippen LogP contribution in [0, 0.1) is 0 Å². The Bertz CT molecular complexity index is 521. The Morgan fingerprint density at radius 2 is 2.44 bits per heavy atom. The molecule has 94 valence electrons. The summed E-state index contributed by atoms with van der Waals surface area (Å²) in [4.78, 5) is 6.81. The van der Waals surface area contributed by atoms with E-state index in [-0.39, 0.29) is 6.17 Å². The molecule has 0 spiro atoms. The minimum Gasteiger partial charge on any atom is -0.314 e. The summed E-state index contributed by atoms with van der Waals surface area (Å²) < 4.78 is 3.68. The van der Waals surface area contributed by atoms with Crippen molar-refractivity contribution in [2.24, 2.45) is 5.11 Å². The lowest BCUT2D eigenvalue weighted by molar-refractivity contribution is 0.400. The molecule has 0 radical (unpaired) electrons. The summed E-state index contributed by atoms with van der Waals surface area (Å²) in [5.74, 6) is 0. The van der Waals surface area contributed by atoms with Gasteiger partial charge in [-0.05, 0) is 17.5 Å². The first-order valence-corrected chi connectivity index (χ1v) is 5.86. The average Bonchev–Trinajstić information content (AvgIpc) is 3.02. The summed E-state index contributed by atoms with van der Waals surface area (Å²) in [5, 5.41) is 7.96. The Hall–Kier alpha value is -2.27. The van der Waals surface area contributed by atoms with Crippen LogP contribution in [0.2, 0.25) is 0 Å². The standard InChI is InChI=1S/C11H15N7/c1-2-3-10-6-15-18(8-10)11(7-14-16-12)17-5-4-13-9-17/h4-6,8-9,11H,2-3,7H2,1H3. The molecule has 0 aliphatic rings. The summed E-state index contributed by atoms with van der Waals surface area (Å²) in [7, 11) is 0. The van der Waals surface area contributed by atoms with Crippen LogP contribution >= 0.6 is 0 Å². The van der Waals surface area contributed by atoms with Crippen LogP contribution in [0.4, 0.5) is 0 Å². The normalized spacial score (nSPS) is 12.1. The zero-order valence-corrected chi connectivity index (χ0v) is 10.2. The summed E-state index contributed by atoms with van der Waals surface area (Å²) >= 11 is 0. The van der Waals surface area contributed by atoms with E-state index in [1.807, 2.05) is 23.2 Å². The lowest BCUT2D eigenvalue weighted by atomic mass is 10.2. The van der Waals surface area contributed by atoms with Crippen molar-refractivity contribution < 1.29 is 0 Å². The average molecular weight is 245 g/mol. The van der Waals surface area contributed by atoms with E-state index < -0.39 is 0 Å². The SMILES string of the molecule is CCCc1cnn(C(CN=[N+]=[N-])n2ccnc2)c1. The lowest BCUT2D eigenvalue weighted by Gasteiger charge is -2.16. The van der Waals surface area contributed by atoms with Crippen molar-refractivity contribution in [1.82, 2.24) is 19.3 Å². The van der Waals surface area contributed by atoms with E-state index in [1.165, 1.54) is 5.56 Å². The van der Waals surface area contributed by atoms with Gasteiger partial charge in [0.1, 0.15) is 6.17 Å². The number of hydrogen-bond acceptors (Lipinski definition) is 3. The third-order valence-corrected chi connectivity index (χ3v) is 2.68. The first kappa shape index (κ1) is 12.2. The molecule has 0 saturated heterocycles. The third-order valence-electron chi connectivity index (χ3n) is 2.68. The molecule has 0 fully saturated rings. The zero-order valence-electron chi connectivity index (χ0n) is 10.2. The highest BCUT2D eigenvalue weighted by molar-refractivity contribution is 5.04. The van der Waals surface area contributed by atoms with Crippen molar-refractivity contribution in [2.45, 2.75) is 25.9 Å². The molecule has 2 rings (SSSR count). The van der Waals surface area contributed by atoms with Gasteiger partial charge in [-0.2, -0.15) is 5.10 Å². The predicted octanol–water partition coefficient (Wildman–Crippen LogP) is 2.39. The maximum atomic E-state index is 8.45. The first-order chi connectivity index (χ1) is 8.85. The maximum Gasteiger partial charge on any atom is 0.133 e. The van der Waals surface area contributed by atoms with E-state index in [4.69, 9.17) is 5.53 Å². The fraction of sp³-hybridized carbons (Fsp3) is 0.455. The van der Waals surface area contributed by atoms with Crippen molar-refractivity contribution in [2.75, 3.05) is 6.54 Å². The molecule has 7 heteroatoms. The number of hydrogen-bond donors (Lipinski definition) is 0. The molecule has 0 bridgehead atoms. The molecule has 2 aromatic heterocycles. The molecule has 0 amide bonds. The van der Waals surface area contributed by atoms with Gasteiger partial charge >= 0.3 is 0 Å². The molecular weight excluding hydrogens is 230 g/mol. The van der Waals surface area contributed by atoms with Gasteiger partial charge in [0, 0.05) is 23.5 Å². The molecule has 1 unspecified atom stereocenters. The molecule has 18 heavy (non-hydrogen) atoms. The Morgan fingerprint density at radius 1 is 1.56 bits per heavy atom. The lowest BCUT2D eigenvalue weighted by Crippen LogP contribution is -2.20. The fourth-order valence-corrected chi connectivity index (χ4v) is 1.83. The van der Waals surface area contributed by atoms with Gasteiger partial charge in [-0.15, -0.1) is 0 Å². The van der Waals surface area contributed by atoms with Gasteiger partial charge in [-0.3, -0.25) is 0 Å². The molecule has 2 aromatic rings.